The summed E-state index contributed by atoms with van der Waals surface area (Å²) in [6.07, 6.45) is 5.42. The first-order chi connectivity index (χ1) is 7.66. The number of carboxylic acid groups (broad SMARTS) is 1. The van der Waals surface area contributed by atoms with Gasteiger partial charge in [0.05, 0.1) is 12.0 Å². The van der Waals surface area contributed by atoms with Gasteiger partial charge >= 0.3 is 5.97 Å². The molecule has 1 aliphatic carbocycles. The molecule has 1 saturated carbocycles. The predicted octanol–water partition coefficient (Wildman–Crippen LogP) is 1.09. The van der Waals surface area contributed by atoms with E-state index in [1.165, 1.54) is 0 Å². The molecule has 2 rings (SSSR count). The van der Waals surface area contributed by atoms with E-state index in [2.05, 4.69) is 4.90 Å². The lowest BCUT2D eigenvalue weighted by Crippen LogP contribution is -2.44. The fraction of sp³-hybridized carbons (Fsp3) is 0.917. The molecular formula is C12H21NO3. The fourth-order valence-electron chi connectivity index (χ4n) is 2.93. The monoisotopic (exact) mass is 227 g/mol. The number of likely N-dealkylation sites (tertiary alicyclic amines) is 1. The van der Waals surface area contributed by atoms with Crippen LogP contribution in [-0.2, 0) is 4.79 Å². The standard InChI is InChI=1S/C12H21NO3/c14-11-3-1-10(2-4-11)13-7-5-9(6-8-13)12(15)16/h9-11,14H,1-8H2,(H,15,16). The van der Waals surface area contributed by atoms with Crippen LogP contribution >= 0.6 is 0 Å². The third-order valence-corrected chi connectivity index (χ3v) is 4.06. The maximum atomic E-state index is 10.8. The first kappa shape index (κ1) is 11.9. The number of piperidine rings is 1. The Balaban J connectivity index is 1.78. The van der Waals surface area contributed by atoms with Gasteiger partial charge in [-0.1, -0.05) is 0 Å². The second-order valence-electron chi connectivity index (χ2n) is 5.11. The molecule has 1 heterocycles. The van der Waals surface area contributed by atoms with Crippen molar-refractivity contribution in [1.82, 2.24) is 4.90 Å². The maximum Gasteiger partial charge on any atom is 0.306 e. The van der Waals surface area contributed by atoms with Crippen molar-refractivity contribution in [2.24, 2.45) is 5.92 Å². The van der Waals surface area contributed by atoms with Gasteiger partial charge in [-0.3, -0.25) is 4.79 Å². The number of hydrogen-bond acceptors (Lipinski definition) is 3. The number of hydrogen-bond donors (Lipinski definition) is 2. The summed E-state index contributed by atoms with van der Waals surface area (Å²) in [4.78, 5) is 13.3. The van der Waals surface area contributed by atoms with Crippen molar-refractivity contribution in [3.05, 3.63) is 0 Å². The molecule has 0 aromatic rings. The number of carboxylic acids is 1. The summed E-state index contributed by atoms with van der Waals surface area (Å²) in [5.74, 6) is -0.774. The molecule has 92 valence electrons. The molecule has 0 bridgehead atoms. The van der Waals surface area contributed by atoms with Gasteiger partial charge in [0.2, 0.25) is 0 Å². The van der Waals surface area contributed by atoms with Gasteiger partial charge in [-0.05, 0) is 51.6 Å². The third-order valence-electron chi connectivity index (χ3n) is 4.06. The smallest absolute Gasteiger partial charge is 0.306 e. The van der Waals surface area contributed by atoms with Crippen molar-refractivity contribution in [2.75, 3.05) is 13.1 Å². The molecule has 0 aromatic heterocycles. The summed E-state index contributed by atoms with van der Waals surface area (Å²) in [6, 6.07) is 0.582. The van der Waals surface area contributed by atoms with E-state index in [1.54, 1.807) is 0 Å². The minimum Gasteiger partial charge on any atom is -0.481 e. The Bertz CT molecular complexity index is 241. The Labute approximate surface area is 96.3 Å². The quantitative estimate of drug-likeness (QED) is 0.741. The van der Waals surface area contributed by atoms with Gasteiger partial charge in [0.1, 0.15) is 0 Å². The Morgan fingerprint density at radius 2 is 1.56 bits per heavy atom. The fourth-order valence-corrected chi connectivity index (χ4v) is 2.93. The summed E-state index contributed by atoms with van der Waals surface area (Å²) in [5.41, 5.74) is 0. The van der Waals surface area contributed by atoms with Crippen molar-refractivity contribution in [1.29, 1.82) is 0 Å². The molecule has 4 heteroatoms. The predicted molar refractivity (Wildman–Crippen MR) is 60.2 cm³/mol. The van der Waals surface area contributed by atoms with E-state index in [-0.39, 0.29) is 12.0 Å². The Kier molecular flexibility index (Phi) is 3.82. The summed E-state index contributed by atoms with van der Waals surface area (Å²) in [5, 5.41) is 18.4. The van der Waals surface area contributed by atoms with Gasteiger partial charge in [0, 0.05) is 6.04 Å². The molecule has 16 heavy (non-hydrogen) atoms. The summed E-state index contributed by atoms with van der Waals surface area (Å²) < 4.78 is 0. The average molecular weight is 227 g/mol. The van der Waals surface area contributed by atoms with E-state index in [0.29, 0.717) is 6.04 Å². The topological polar surface area (TPSA) is 60.8 Å². The number of nitrogens with zero attached hydrogens (tertiary/aromatic N) is 1. The normalized spacial score (nSPS) is 33.8. The number of aliphatic hydroxyl groups is 1. The van der Waals surface area contributed by atoms with E-state index in [1.807, 2.05) is 0 Å². The van der Waals surface area contributed by atoms with Crippen molar-refractivity contribution >= 4 is 5.97 Å². The molecule has 0 amide bonds. The molecule has 2 N–H and O–H groups in total. The van der Waals surface area contributed by atoms with Crippen molar-refractivity contribution in [2.45, 2.75) is 50.7 Å². The highest BCUT2D eigenvalue weighted by Gasteiger charge is 2.30. The zero-order chi connectivity index (χ0) is 11.5. The molecule has 4 nitrogen and oxygen atoms in total. The number of aliphatic hydroxyl groups excluding tert-OH is 1. The Morgan fingerprint density at radius 3 is 2.06 bits per heavy atom. The lowest BCUT2D eigenvalue weighted by molar-refractivity contribution is -0.143. The van der Waals surface area contributed by atoms with E-state index in [0.717, 1.165) is 51.6 Å². The van der Waals surface area contributed by atoms with Crippen LogP contribution in [0.25, 0.3) is 0 Å². The number of aliphatic carboxylic acids is 1. The maximum absolute atomic E-state index is 10.8. The zero-order valence-electron chi connectivity index (χ0n) is 9.64. The van der Waals surface area contributed by atoms with Gasteiger partial charge < -0.3 is 15.1 Å². The summed E-state index contributed by atoms with van der Waals surface area (Å²) in [6.45, 7) is 1.83. The SMILES string of the molecule is O=C(O)C1CCN(C2CCC(O)CC2)CC1. The second-order valence-corrected chi connectivity index (χ2v) is 5.11. The van der Waals surface area contributed by atoms with Crippen molar-refractivity contribution < 1.29 is 15.0 Å². The van der Waals surface area contributed by atoms with Crippen LogP contribution in [0.5, 0.6) is 0 Å². The summed E-state index contributed by atoms with van der Waals surface area (Å²) >= 11 is 0. The van der Waals surface area contributed by atoms with Crippen LogP contribution in [0.1, 0.15) is 38.5 Å². The molecule has 1 aliphatic heterocycles. The van der Waals surface area contributed by atoms with E-state index >= 15 is 0 Å². The summed E-state index contributed by atoms with van der Waals surface area (Å²) in [7, 11) is 0. The van der Waals surface area contributed by atoms with Gasteiger partial charge in [-0.2, -0.15) is 0 Å². The highest BCUT2D eigenvalue weighted by molar-refractivity contribution is 5.70. The van der Waals surface area contributed by atoms with Crippen LogP contribution in [0.15, 0.2) is 0 Å². The van der Waals surface area contributed by atoms with E-state index < -0.39 is 5.97 Å². The minimum absolute atomic E-state index is 0.104. The average Bonchev–Trinajstić information content (AvgIpc) is 2.30. The highest BCUT2D eigenvalue weighted by atomic mass is 16.4. The van der Waals surface area contributed by atoms with E-state index in [4.69, 9.17) is 5.11 Å². The molecule has 0 unspecified atom stereocenters. The zero-order valence-corrected chi connectivity index (χ0v) is 9.64. The lowest BCUT2D eigenvalue weighted by atomic mass is 9.89. The van der Waals surface area contributed by atoms with Gasteiger partial charge in [0.15, 0.2) is 0 Å². The van der Waals surface area contributed by atoms with Crippen molar-refractivity contribution in [3.63, 3.8) is 0 Å². The van der Waals surface area contributed by atoms with Crippen LogP contribution in [0.2, 0.25) is 0 Å². The molecule has 0 aromatic carbocycles. The van der Waals surface area contributed by atoms with Crippen molar-refractivity contribution in [3.8, 4) is 0 Å². The third kappa shape index (κ3) is 2.74. The van der Waals surface area contributed by atoms with E-state index in [9.17, 15) is 9.90 Å². The molecular weight excluding hydrogens is 206 g/mol. The molecule has 0 spiro atoms. The van der Waals surface area contributed by atoms with Crippen LogP contribution in [0.4, 0.5) is 0 Å². The Morgan fingerprint density at radius 1 is 1.00 bits per heavy atom. The molecule has 0 atom stereocenters. The van der Waals surface area contributed by atoms with Gasteiger partial charge in [0.25, 0.3) is 0 Å². The van der Waals surface area contributed by atoms with Crippen LogP contribution < -0.4 is 0 Å². The number of carbonyl (C=O) groups is 1. The van der Waals surface area contributed by atoms with Gasteiger partial charge in [-0.25, -0.2) is 0 Å². The molecule has 2 fully saturated rings. The first-order valence-corrected chi connectivity index (χ1v) is 6.31. The first-order valence-electron chi connectivity index (χ1n) is 6.31. The largest absolute Gasteiger partial charge is 0.481 e. The molecule has 1 saturated heterocycles. The van der Waals surface area contributed by atoms with Crippen LogP contribution in [-0.4, -0.2) is 46.3 Å². The van der Waals surface area contributed by atoms with Gasteiger partial charge in [-0.15, -0.1) is 0 Å². The van der Waals surface area contributed by atoms with Crippen LogP contribution in [0, 0.1) is 5.92 Å². The molecule has 0 radical (unpaired) electrons. The minimum atomic E-state index is -0.640. The van der Waals surface area contributed by atoms with Crippen LogP contribution in [0.3, 0.4) is 0 Å². The molecule has 2 aliphatic rings. The lowest BCUT2D eigenvalue weighted by Gasteiger charge is -2.39. The second kappa shape index (κ2) is 5.15. The Hall–Kier alpha value is -0.610. The number of rotatable bonds is 2. The highest BCUT2D eigenvalue weighted by Crippen LogP contribution is 2.27.